The summed E-state index contributed by atoms with van der Waals surface area (Å²) < 4.78 is 11.9. The number of fused-ring (bicyclic) bond motifs is 1. The van der Waals surface area contributed by atoms with Crippen molar-refractivity contribution in [3.05, 3.63) is 137 Å². The molecule has 2 N–H and O–H groups in total. The molecule has 2 heterocycles. The second kappa shape index (κ2) is 12.0. The second-order valence-electron chi connectivity index (χ2n) is 9.91. The van der Waals surface area contributed by atoms with E-state index in [0.29, 0.717) is 12.5 Å². The molecule has 1 aliphatic heterocycles. The summed E-state index contributed by atoms with van der Waals surface area (Å²) in [6, 6.07) is 34.6. The Morgan fingerprint density at radius 3 is 2.36 bits per heavy atom. The van der Waals surface area contributed by atoms with E-state index >= 15 is 0 Å². The number of anilines is 2. The highest BCUT2D eigenvalue weighted by Crippen LogP contribution is 2.40. The summed E-state index contributed by atoms with van der Waals surface area (Å²) in [6.07, 6.45) is 0.786. The quantitative estimate of drug-likeness (QED) is 0.220. The molecule has 0 spiro atoms. The fourth-order valence-corrected chi connectivity index (χ4v) is 5.25. The van der Waals surface area contributed by atoms with Gasteiger partial charge in [0.2, 0.25) is 11.7 Å². The molecule has 8 nitrogen and oxygen atoms in total. The van der Waals surface area contributed by atoms with Gasteiger partial charge in [-0.3, -0.25) is 4.79 Å². The fraction of sp³-hybridized carbons (Fsp3) is 0.147. The van der Waals surface area contributed by atoms with Crippen molar-refractivity contribution in [3.8, 4) is 17.4 Å². The van der Waals surface area contributed by atoms with Gasteiger partial charge in [0.15, 0.2) is 5.69 Å². The molecule has 4 aromatic carbocycles. The summed E-state index contributed by atoms with van der Waals surface area (Å²) in [7, 11) is 1.45. The summed E-state index contributed by atoms with van der Waals surface area (Å²) >= 11 is 0. The van der Waals surface area contributed by atoms with Gasteiger partial charge in [-0.15, -0.1) is 0 Å². The minimum Gasteiger partial charge on any atom is -0.506 e. The zero-order chi connectivity index (χ0) is 28.9. The van der Waals surface area contributed by atoms with Gasteiger partial charge in [-0.1, -0.05) is 97.1 Å². The predicted octanol–water partition coefficient (Wildman–Crippen LogP) is 6.17. The molecule has 0 radical (unpaired) electrons. The van der Waals surface area contributed by atoms with Crippen molar-refractivity contribution in [1.82, 2.24) is 9.97 Å². The van der Waals surface area contributed by atoms with Gasteiger partial charge in [0.25, 0.3) is 11.8 Å². The molecule has 0 aliphatic carbocycles. The van der Waals surface area contributed by atoms with E-state index in [1.807, 2.05) is 54.6 Å². The molecule has 0 fully saturated rings. The number of aromatic hydroxyl groups is 1. The first-order valence-corrected chi connectivity index (χ1v) is 13.7. The van der Waals surface area contributed by atoms with Crippen LogP contribution in [0.5, 0.6) is 17.4 Å². The molecule has 8 heteroatoms. The van der Waals surface area contributed by atoms with Crippen molar-refractivity contribution in [2.75, 3.05) is 23.9 Å². The van der Waals surface area contributed by atoms with Crippen molar-refractivity contribution < 1.29 is 19.4 Å². The number of ether oxygens (including phenoxy) is 2. The van der Waals surface area contributed by atoms with Crippen LogP contribution in [-0.2, 0) is 13.0 Å². The average Bonchev–Trinajstić information content (AvgIpc) is 3.04. The molecule has 210 valence electrons. The molecule has 0 saturated carbocycles. The third-order valence-corrected chi connectivity index (χ3v) is 7.27. The van der Waals surface area contributed by atoms with E-state index in [1.54, 1.807) is 18.2 Å². The molecule has 0 saturated heterocycles. The largest absolute Gasteiger partial charge is 0.506 e. The summed E-state index contributed by atoms with van der Waals surface area (Å²) in [5.41, 5.74) is 4.69. The first-order chi connectivity index (χ1) is 20.6. The van der Waals surface area contributed by atoms with E-state index in [1.165, 1.54) is 18.7 Å². The predicted molar refractivity (Wildman–Crippen MR) is 161 cm³/mol. The zero-order valence-electron chi connectivity index (χ0n) is 23.1. The van der Waals surface area contributed by atoms with Crippen molar-refractivity contribution in [3.63, 3.8) is 0 Å². The van der Waals surface area contributed by atoms with Crippen molar-refractivity contribution in [2.24, 2.45) is 0 Å². The summed E-state index contributed by atoms with van der Waals surface area (Å²) in [4.78, 5) is 25.4. The summed E-state index contributed by atoms with van der Waals surface area (Å²) in [6.45, 7) is 0.848. The number of carbonyl (C=O) groups is 1. The van der Waals surface area contributed by atoms with Crippen LogP contribution < -0.4 is 19.7 Å². The lowest BCUT2D eigenvalue weighted by molar-refractivity contribution is 0.101. The Morgan fingerprint density at radius 2 is 1.60 bits per heavy atom. The van der Waals surface area contributed by atoms with Gasteiger partial charge >= 0.3 is 0 Å². The molecule has 1 aliphatic rings. The molecule has 42 heavy (non-hydrogen) atoms. The number of phenols is 1. The van der Waals surface area contributed by atoms with E-state index in [0.717, 1.165) is 23.1 Å². The number of nitrogens with one attached hydrogen (secondary N) is 1. The minimum atomic E-state index is -0.560. The fourth-order valence-electron chi connectivity index (χ4n) is 5.25. The van der Waals surface area contributed by atoms with Gasteiger partial charge in [0.1, 0.15) is 12.4 Å². The highest BCUT2D eigenvalue weighted by atomic mass is 16.5. The summed E-state index contributed by atoms with van der Waals surface area (Å²) in [5.74, 6) is -0.0213. The number of hydrogen-bond acceptors (Lipinski definition) is 7. The second-order valence-corrected chi connectivity index (χ2v) is 9.91. The molecule has 0 bridgehead atoms. The van der Waals surface area contributed by atoms with Gasteiger partial charge in [-0.05, 0) is 40.8 Å². The average molecular weight is 559 g/mol. The Kier molecular flexibility index (Phi) is 7.68. The number of aromatic nitrogens is 2. The van der Waals surface area contributed by atoms with E-state index in [4.69, 9.17) is 19.4 Å². The number of hydrogen-bond donors (Lipinski definition) is 2. The van der Waals surface area contributed by atoms with E-state index in [-0.39, 0.29) is 41.4 Å². The van der Waals surface area contributed by atoms with Crippen molar-refractivity contribution in [2.45, 2.75) is 19.1 Å². The lowest BCUT2D eigenvalue weighted by Crippen LogP contribution is -2.37. The Bertz CT molecular complexity index is 1700. The van der Waals surface area contributed by atoms with Gasteiger partial charge < -0.3 is 24.8 Å². The number of nitrogens with zero attached hydrogens (tertiary/aromatic N) is 3. The lowest BCUT2D eigenvalue weighted by Gasteiger charge is -2.38. The highest BCUT2D eigenvalue weighted by molar-refractivity contribution is 6.06. The molecule has 5 aromatic rings. The molecular formula is C34H30N4O4. The molecule has 1 unspecified atom stereocenters. The van der Waals surface area contributed by atoms with Crippen LogP contribution in [0.3, 0.4) is 0 Å². The molecule has 6 rings (SSSR count). The van der Waals surface area contributed by atoms with Crippen molar-refractivity contribution >= 4 is 17.5 Å². The molecular weight excluding hydrogens is 528 g/mol. The standard InChI is InChI=1S/C34H30N4O4/c1-41-31-29(32(40)35-27-18-10-11-19-28(27)39)36-34(37-33(31)42-22-23-12-4-2-5-13-23)38-21-20-24-14-8-9-17-26(24)30(38)25-15-6-3-7-16-25/h2-19,30,39H,20-22H2,1H3,(H,35,40). The molecule has 1 aromatic heterocycles. The van der Waals surface area contributed by atoms with Crippen molar-refractivity contribution in [1.29, 1.82) is 0 Å². The Labute approximate surface area is 244 Å². The SMILES string of the molecule is COc1c(OCc2ccccc2)nc(N2CCc3ccccc3C2c2ccccc2)nc1C(=O)Nc1ccccc1O. The smallest absolute Gasteiger partial charge is 0.278 e. The summed E-state index contributed by atoms with van der Waals surface area (Å²) in [5, 5.41) is 13.1. The number of methoxy groups -OCH3 is 1. The van der Waals surface area contributed by atoms with Crippen LogP contribution >= 0.6 is 0 Å². The van der Waals surface area contributed by atoms with Crippen LogP contribution in [0.15, 0.2) is 109 Å². The third kappa shape index (κ3) is 5.47. The lowest BCUT2D eigenvalue weighted by atomic mass is 9.88. The highest BCUT2D eigenvalue weighted by Gasteiger charge is 2.33. The third-order valence-electron chi connectivity index (χ3n) is 7.27. The number of para-hydroxylation sites is 2. The number of benzene rings is 4. The van der Waals surface area contributed by atoms with Crippen LogP contribution in [0.25, 0.3) is 0 Å². The Morgan fingerprint density at radius 1 is 0.905 bits per heavy atom. The number of carbonyl (C=O) groups excluding carboxylic acids is 1. The first kappa shape index (κ1) is 26.8. The van der Waals surface area contributed by atoms with E-state index < -0.39 is 5.91 Å². The number of rotatable bonds is 8. The topological polar surface area (TPSA) is 96.8 Å². The van der Waals surface area contributed by atoms with Crippen LogP contribution in [0.2, 0.25) is 0 Å². The maximum absolute atomic E-state index is 13.7. The Balaban J connectivity index is 1.46. The maximum Gasteiger partial charge on any atom is 0.278 e. The first-order valence-electron chi connectivity index (χ1n) is 13.7. The normalized spacial score (nSPS) is 14.1. The van der Waals surface area contributed by atoms with E-state index in [2.05, 4.69) is 40.5 Å². The molecule has 1 amide bonds. The number of amides is 1. The van der Waals surface area contributed by atoms with E-state index in [9.17, 15) is 9.90 Å². The van der Waals surface area contributed by atoms with Crippen LogP contribution in [-0.4, -0.2) is 34.6 Å². The molecule has 1 atom stereocenters. The van der Waals surface area contributed by atoms with Crippen LogP contribution in [0, 0.1) is 0 Å². The van der Waals surface area contributed by atoms with Crippen LogP contribution in [0.1, 0.15) is 38.8 Å². The van der Waals surface area contributed by atoms with Gasteiger partial charge in [0.05, 0.1) is 18.8 Å². The minimum absolute atomic E-state index is 0.000477. The Hall–Kier alpha value is -5.37. The van der Waals surface area contributed by atoms with Gasteiger partial charge in [0, 0.05) is 6.54 Å². The van der Waals surface area contributed by atoms with Gasteiger partial charge in [-0.25, -0.2) is 4.98 Å². The monoisotopic (exact) mass is 558 g/mol. The van der Waals surface area contributed by atoms with Crippen LogP contribution in [0.4, 0.5) is 11.6 Å². The number of phenolic OH excluding ortho intramolecular Hbond substituents is 1. The maximum atomic E-state index is 13.7. The zero-order valence-corrected chi connectivity index (χ0v) is 23.1. The van der Waals surface area contributed by atoms with Gasteiger partial charge in [-0.2, -0.15) is 4.98 Å².